The molecule has 0 aliphatic rings. The molecule has 0 N–H and O–H groups in total. The van der Waals surface area contributed by atoms with E-state index in [2.05, 4.69) is 54.2 Å². The van der Waals surface area contributed by atoms with Crippen LogP contribution in [0.4, 0.5) is 102 Å². The van der Waals surface area contributed by atoms with E-state index in [9.17, 15) is 97.0 Å². The van der Waals surface area contributed by atoms with Crippen LogP contribution in [0.1, 0.15) is 39.5 Å². The second-order valence-corrected chi connectivity index (χ2v) is 54.5. The molecule has 13 nitrogen and oxygen atoms in total. The summed E-state index contributed by atoms with van der Waals surface area (Å²) in [5.41, 5.74) is -0.501. The number of carbonyl (C=O) groups excluding carboxylic acids is 1. The maximum absolute atomic E-state index is 15.0. The Labute approximate surface area is 577 Å². The number of benzene rings is 1. The van der Waals surface area contributed by atoms with Gasteiger partial charge in [-0.05, 0) is 141 Å². The van der Waals surface area contributed by atoms with Crippen LogP contribution in [0.15, 0.2) is 24.3 Å². The highest BCUT2D eigenvalue weighted by Crippen LogP contribution is 2.53. The zero-order valence-electron chi connectivity index (χ0n) is 57.7. The first-order valence-electron chi connectivity index (χ1n) is 29.3. The lowest BCUT2D eigenvalue weighted by Gasteiger charge is -2.37. The van der Waals surface area contributed by atoms with Crippen molar-refractivity contribution in [2.24, 2.45) is 0 Å². The monoisotopic (exact) mass is 1670 g/mol. The topological polar surface area (TPSA) is 122 Å². The minimum Gasteiger partial charge on any atom is -0.456 e. The predicted molar refractivity (Wildman–Crippen MR) is 347 cm³/mol. The zero-order chi connectivity index (χ0) is 77.2. The summed E-state index contributed by atoms with van der Waals surface area (Å²) >= 11 is 0. The minimum atomic E-state index is -7.28. The third kappa shape index (κ3) is 35.5. The van der Waals surface area contributed by atoms with Gasteiger partial charge in [0.15, 0.2) is 72.3 Å². The molecule has 1 aromatic rings. The molecule has 0 saturated carbocycles. The molecule has 0 saturated heterocycles. The van der Waals surface area contributed by atoms with E-state index in [0.717, 1.165) is 25.6 Å². The summed E-state index contributed by atoms with van der Waals surface area (Å²) in [7, 11) is -15.9. The van der Waals surface area contributed by atoms with Gasteiger partial charge in [-0.25, -0.2) is 0 Å². The molecule has 12 radical (unpaired) electrons. The van der Waals surface area contributed by atoms with Gasteiger partial charge >= 0.3 is 84.0 Å². The Bertz CT molecular complexity index is 2310. The number of rotatable bonds is 39. The van der Waals surface area contributed by atoms with E-state index in [0.29, 0.717) is 24.3 Å². The van der Waals surface area contributed by atoms with Crippen molar-refractivity contribution in [2.75, 3.05) is 25.2 Å². The Morgan fingerprint density at radius 3 is 1.16 bits per heavy atom. The molecule has 0 heterocycles. The van der Waals surface area contributed by atoms with Crippen LogP contribution in [0.2, 0.25) is 148 Å². The standard InChI is InChI=1S/C23H35F11NO5Si5.C15H26F11O5Si4.C6H15OSi2.C5H13OSi2/c1-35(18(36)19(24,21(27,28)29)37-23(33,34)20(25,26)22(30,31)32)16-11-10-12-17(15-16)44(8,9)13-14-45(38-41(2)3,39-42(4)5)40-43(6)7;1-32(2)29-35(30-33(3)4,31-34(5)6)9-7-8-27-10-11(16,13(19,20)21)28-15(25,26)12(17,18)14(22,23)24;1-4-5-6-8-7-9(2)3;1-4-5-7-6-8(2)3/h10-12,15H,13-14H2,1-9H3;7-10H2,1-6H3;4-6H2,1-3H3;4-5H2,1-3H3. The molecule has 48 heteroatoms. The van der Waals surface area contributed by atoms with E-state index in [1.807, 2.05) is 52.4 Å². The summed E-state index contributed by atoms with van der Waals surface area (Å²) in [5, 5.41) is 0.490. The van der Waals surface area contributed by atoms with Gasteiger partial charge in [0.05, 0.1) is 8.07 Å². The number of anilines is 1. The van der Waals surface area contributed by atoms with Crippen LogP contribution < -0.4 is 10.1 Å². The first-order chi connectivity index (χ1) is 43.4. The fourth-order valence-corrected chi connectivity index (χ4v) is 37.1. The van der Waals surface area contributed by atoms with Crippen molar-refractivity contribution in [1.29, 1.82) is 0 Å². The van der Waals surface area contributed by atoms with Gasteiger partial charge in [0.2, 0.25) is 19.5 Å². The summed E-state index contributed by atoms with van der Waals surface area (Å²) in [6.45, 7) is 35.9. The van der Waals surface area contributed by atoms with E-state index >= 15 is 4.39 Å². The van der Waals surface area contributed by atoms with Crippen LogP contribution in [0.25, 0.3) is 0 Å². The Kier molecular flexibility index (Phi) is 44.2. The van der Waals surface area contributed by atoms with Crippen molar-refractivity contribution < 1.29 is 149 Å². The SMILES string of the molecule is CCCC[Si]O[Si](C)C.CCC[Si]O[Si](C)C.CN(C(=O)C(F)(OC(F)(F)C(F)(F)C(F)(F)F)C(F)(F)F)c1cccc([Si](C)(C)CC[Si](O[Si](C)C)(O[Si](C)C)O[Si](C)C)c1.C[Si](C)O[Si](CCCOCC(F)(OC(F)(F)C(F)(F)C(F)(F)F)C(F)(F)F)(O[Si](C)C)O[Si](C)C. The number of hydrogen-bond acceptors (Lipinski definition) is 12. The van der Waals surface area contributed by atoms with Crippen molar-refractivity contribution in [1.82, 2.24) is 0 Å². The van der Waals surface area contributed by atoms with E-state index < -0.39 is 183 Å². The lowest BCUT2D eigenvalue weighted by Crippen LogP contribution is -2.63. The number of carbonyl (C=O) groups is 1. The minimum absolute atomic E-state index is 0.0109. The fraction of sp³-hybridized carbons (Fsp3) is 0.857. The highest BCUT2D eigenvalue weighted by atomic mass is 28.5. The zero-order valence-corrected chi connectivity index (χ0v) is 70.7. The smallest absolute Gasteiger partial charge is 0.456 e. The average Bonchev–Trinajstić information content (AvgIpc) is 0.753. The maximum atomic E-state index is 15.0. The molecule has 1 amide bonds. The van der Waals surface area contributed by atoms with Gasteiger partial charge in [-0.3, -0.25) is 14.3 Å². The Balaban J connectivity index is -0.00000149. The lowest BCUT2D eigenvalue weighted by molar-refractivity contribution is -0.486. The third-order valence-corrected chi connectivity index (χ3v) is 39.8. The molecule has 0 bridgehead atoms. The van der Waals surface area contributed by atoms with Crippen LogP contribution in [0.5, 0.6) is 0 Å². The van der Waals surface area contributed by atoms with Gasteiger partial charge < -0.3 is 42.6 Å². The third-order valence-electron chi connectivity index (χ3n) is 11.2. The quantitative estimate of drug-likeness (QED) is 0.0354. The van der Waals surface area contributed by atoms with Crippen molar-refractivity contribution >= 4 is 134 Å². The van der Waals surface area contributed by atoms with Crippen LogP contribution in [0, 0.1) is 0 Å². The molecule has 1 aromatic carbocycles. The summed E-state index contributed by atoms with van der Waals surface area (Å²) in [6, 6.07) is 8.35. The lowest BCUT2D eigenvalue weighted by atomic mass is 10.2. The van der Waals surface area contributed by atoms with Crippen molar-refractivity contribution in [3.05, 3.63) is 24.3 Å². The molecule has 2 unspecified atom stereocenters. The van der Waals surface area contributed by atoms with E-state index in [1.165, 1.54) is 43.5 Å². The van der Waals surface area contributed by atoms with Crippen LogP contribution >= 0.6 is 0 Å². The maximum Gasteiger partial charge on any atom is 0.469 e. The summed E-state index contributed by atoms with van der Waals surface area (Å²) < 4.78 is 346. The summed E-state index contributed by atoms with van der Waals surface area (Å²) in [6.07, 6.45) is -37.7. The Morgan fingerprint density at radius 2 is 0.835 bits per heavy atom. The van der Waals surface area contributed by atoms with Gasteiger partial charge in [0.25, 0.3) is 0 Å². The normalized spacial score (nSPS) is 15.0. The number of likely N-dealkylation sites (N-methyl/N-ethyl adjacent to an activating group) is 1. The average molecular weight is 1670 g/mol. The number of halogens is 22. The summed E-state index contributed by atoms with van der Waals surface area (Å²) in [4.78, 5) is 12.5. The number of alkyl halides is 22. The van der Waals surface area contributed by atoms with Gasteiger partial charge in [-0.2, -0.15) is 96.6 Å². The molecule has 0 fully saturated rings. The highest BCUT2D eigenvalue weighted by molar-refractivity contribution is 6.91. The van der Waals surface area contributed by atoms with Crippen LogP contribution in [-0.4, -0.2) is 204 Å². The predicted octanol–water partition coefficient (Wildman–Crippen LogP) is 17.3. The molecule has 568 valence electrons. The molecular formula is C49H89F22NO12Si13. The van der Waals surface area contributed by atoms with Gasteiger partial charge in [-0.15, -0.1) is 0 Å². The van der Waals surface area contributed by atoms with Crippen molar-refractivity contribution in [2.45, 2.75) is 248 Å². The molecule has 0 aliphatic heterocycles. The highest BCUT2D eigenvalue weighted by Gasteiger charge is 2.81. The molecule has 97 heavy (non-hydrogen) atoms. The molecular weight excluding hydrogens is 1580 g/mol. The van der Waals surface area contributed by atoms with E-state index in [-0.39, 0.29) is 17.4 Å². The van der Waals surface area contributed by atoms with Crippen molar-refractivity contribution in [3.8, 4) is 0 Å². The second-order valence-electron chi connectivity index (χ2n) is 23.2. The van der Waals surface area contributed by atoms with E-state index in [1.54, 1.807) is 45.3 Å². The number of amides is 1. The molecule has 0 spiro atoms. The molecule has 0 aromatic heterocycles. The number of nitrogens with zero attached hydrogens (tertiary/aromatic N) is 1. The first-order valence-corrected chi connectivity index (χ1v) is 57.8. The largest absolute Gasteiger partial charge is 0.469 e. The fourth-order valence-electron chi connectivity index (χ4n) is 6.94. The molecule has 0 aliphatic carbocycles. The Hall–Kier alpha value is -0.471. The number of hydrogen-bond donors (Lipinski definition) is 0. The van der Waals surface area contributed by atoms with Gasteiger partial charge in [0, 0.05) is 31.4 Å². The van der Waals surface area contributed by atoms with Crippen LogP contribution in [0.3, 0.4) is 0 Å². The summed E-state index contributed by atoms with van der Waals surface area (Å²) in [5.74, 6) is -29.4. The Morgan fingerprint density at radius 1 is 0.464 bits per heavy atom. The molecule has 1 rings (SSSR count). The van der Waals surface area contributed by atoms with Gasteiger partial charge in [0.1, 0.15) is 6.61 Å². The first kappa shape index (κ1) is 101. The second kappa shape index (κ2) is 42.6. The van der Waals surface area contributed by atoms with Crippen molar-refractivity contribution in [3.63, 3.8) is 0 Å². The number of unbranched alkanes of at least 4 members (excludes halogenated alkanes) is 1. The van der Waals surface area contributed by atoms with Gasteiger partial charge in [-0.1, -0.05) is 63.5 Å². The molecule has 2 atom stereocenters. The van der Waals surface area contributed by atoms with E-state index in [4.69, 9.17) is 32.9 Å². The number of ether oxygens (including phenoxy) is 3. The van der Waals surface area contributed by atoms with Crippen LogP contribution in [-0.2, 0) is 51.9 Å².